The molecule has 162 valence electrons. The molecule has 1 N–H and O–H groups in total. The van der Waals surface area contributed by atoms with Gasteiger partial charge in [-0.3, -0.25) is 9.69 Å². The maximum absolute atomic E-state index is 12.6. The Morgan fingerprint density at radius 1 is 0.867 bits per heavy atom. The third kappa shape index (κ3) is 5.16. The van der Waals surface area contributed by atoms with Gasteiger partial charge in [-0.05, 0) is 37.2 Å². The molecule has 1 aliphatic heterocycles. The van der Waals surface area contributed by atoms with Crippen LogP contribution in [-0.4, -0.2) is 71.4 Å². The quantitative estimate of drug-likeness (QED) is 0.638. The van der Waals surface area contributed by atoms with Crippen molar-refractivity contribution < 1.29 is 19.0 Å². The lowest BCUT2D eigenvalue weighted by molar-refractivity contribution is 0.0945. The minimum absolute atomic E-state index is 0.176. The summed E-state index contributed by atoms with van der Waals surface area (Å²) in [5.74, 6) is 1.77. The molecule has 1 heterocycles. The van der Waals surface area contributed by atoms with Crippen molar-refractivity contribution in [1.82, 2.24) is 10.2 Å². The van der Waals surface area contributed by atoms with Crippen molar-refractivity contribution in [2.75, 3.05) is 65.5 Å². The van der Waals surface area contributed by atoms with E-state index in [1.54, 1.807) is 39.5 Å². The number of carbonyl (C=O) groups excluding carboxylic acids is 1. The number of rotatable bonds is 9. The Morgan fingerprint density at radius 3 is 2.10 bits per heavy atom. The summed E-state index contributed by atoms with van der Waals surface area (Å²) in [6, 6.07) is 13.5. The van der Waals surface area contributed by atoms with Crippen LogP contribution in [0, 0.1) is 0 Å². The summed E-state index contributed by atoms with van der Waals surface area (Å²) in [4.78, 5) is 17.4. The van der Waals surface area contributed by atoms with Crippen LogP contribution in [0.15, 0.2) is 42.5 Å². The Kier molecular flexibility index (Phi) is 7.79. The van der Waals surface area contributed by atoms with Crippen molar-refractivity contribution in [1.29, 1.82) is 0 Å². The molecule has 0 aromatic heterocycles. The number of methoxy groups -OCH3 is 3. The predicted octanol–water partition coefficient (Wildman–Crippen LogP) is 2.65. The van der Waals surface area contributed by atoms with Crippen LogP contribution in [0.5, 0.6) is 17.2 Å². The summed E-state index contributed by atoms with van der Waals surface area (Å²) in [6.07, 6.45) is 0.887. The second kappa shape index (κ2) is 10.7. The number of carbonyl (C=O) groups is 1. The van der Waals surface area contributed by atoms with Gasteiger partial charge in [-0.2, -0.15) is 0 Å². The molecule has 1 amide bonds. The molecule has 0 atom stereocenters. The molecule has 7 nitrogen and oxygen atoms in total. The van der Waals surface area contributed by atoms with E-state index in [0.717, 1.165) is 50.6 Å². The van der Waals surface area contributed by atoms with Gasteiger partial charge in [-0.25, -0.2) is 0 Å². The number of benzene rings is 2. The molecule has 1 saturated heterocycles. The summed E-state index contributed by atoms with van der Waals surface area (Å²) >= 11 is 0. The van der Waals surface area contributed by atoms with E-state index >= 15 is 0 Å². The Balaban J connectivity index is 1.44. The smallest absolute Gasteiger partial charge is 0.258 e. The predicted molar refractivity (Wildman–Crippen MR) is 118 cm³/mol. The molecule has 3 rings (SSSR count). The molecule has 0 saturated carbocycles. The summed E-state index contributed by atoms with van der Waals surface area (Å²) in [7, 11) is 4.82. The highest BCUT2D eigenvalue weighted by Gasteiger charge is 2.20. The highest BCUT2D eigenvalue weighted by Crippen LogP contribution is 2.29. The summed E-state index contributed by atoms with van der Waals surface area (Å²) in [6.45, 7) is 5.46. The number of amides is 1. The molecular weight excluding hydrogens is 382 g/mol. The molecule has 0 radical (unpaired) electrons. The first-order valence-electron chi connectivity index (χ1n) is 10.3. The van der Waals surface area contributed by atoms with Crippen LogP contribution < -0.4 is 24.4 Å². The van der Waals surface area contributed by atoms with E-state index < -0.39 is 0 Å². The summed E-state index contributed by atoms with van der Waals surface area (Å²) in [5.41, 5.74) is 1.59. The average molecular weight is 414 g/mol. The fourth-order valence-corrected chi connectivity index (χ4v) is 3.77. The van der Waals surface area contributed by atoms with E-state index in [1.807, 2.05) is 18.2 Å². The lowest BCUT2D eigenvalue weighted by Crippen LogP contribution is -2.47. The van der Waals surface area contributed by atoms with Gasteiger partial charge >= 0.3 is 0 Å². The van der Waals surface area contributed by atoms with Crippen molar-refractivity contribution in [3.63, 3.8) is 0 Å². The molecule has 1 aliphatic rings. The van der Waals surface area contributed by atoms with Crippen molar-refractivity contribution in [2.24, 2.45) is 0 Å². The number of nitrogens with zero attached hydrogens (tertiary/aromatic N) is 2. The minimum Gasteiger partial charge on any atom is -0.496 e. The monoisotopic (exact) mass is 413 g/mol. The Labute approximate surface area is 178 Å². The summed E-state index contributed by atoms with van der Waals surface area (Å²) < 4.78 is 16.1. The number of ether oxygens (including phenoxy) is 3. The van der Waals surface area contributed by atoms with Crippen LogP contribution in [0.1, 0.15) is 16.8 Å². The number of anilines is 1. The normalized spacial score (nSPS) is 14.3. The molecule has 1 fully saturated rings. The van der Waals surface area contributed by atoms with E-state index in [0.29, 0.717) is 23.6 Å². The Hall–Kier alpha value is -2.93. The fourth-order valence-electron chi connectivity index (χ4n) is 3.77. The maximum atomic E-state index is 12.6. The van der Waals surface area contributed by atoms with Gasteiger partial charge in [0.2, 0.25) is 0 Å². The van der Waals surface area contributed by atoms with Crippen LogP contribution in [0.25, 0.3) is 0 Å². The fraction of sp³-hybridized carbons (Fsp3) is 0.435. The van der Waals surface area contributed by atoms with E-state index in [4.69, 9.17) is 14.2 Å². The average Bonchev–Trinajstić information content (AvgIpc) is 2.81. The van der Waals surface area contributed by atoms with E-state index in [-0.39, 0.29) is 5.91 Å². The minimum atomic E-state index is -0.176. The first kappa shape index (κ1) is 21.8. The van der Waals surface area contributed by atoms with Crippen LogP contribution in [-0.2, 0) is 0 Å². The van der Waals surface area contributed by atoms with Crippen LogP contribution in [0.2, 0.25) is 0 Å². The van der Waals surface area contributed by atoms with Gasteiger partial charge in [0.15, 0.2) is 0 Å². The maximum Gasteiger partial charge on any atom is 0.258 e. The topological polar surface area (TPSA) is 63.3 Å². The van der Waals surface area contributed by atoms with Crippen molar-refractivity contribution >= 4 is 11.6 Å². The lowest BCUT2D eigenvalue weighted by atomic mass is 10.1. The largest absolute Gasteiger partial charge is 0.496 e. The molecule has 7 heteroatoms. The number of piperazine rings is 1. The third-order valence-electron chi connectivity index (χ3n) is 5.39. The van der Waals surface area contributed by atoms with Crippen molar-refractivity contribution in [3.05, 3.63) is 48.0 Å². The van der Waals surface area contributed by atoms with Gasteiger partial charge in [0.25, 0.3) is 5.91 Å². The summed E-state index contributed by atoms with van der Waals surface area (Å²) in [5, 5.41) is 2.99. The molecule has 0 unspecified atom stereocenters. The van der Waals surface area contributed by atoms with Gasteiger partial charge in [0.05, 0.1) is 27.0 Å². The third-order valence-corrected chi connectivity index (χ3v) is 5.39. The van der Waals surface area contributed by atoms with Gasteiger partial charge in [0.1, 0.15) is 22.8 Å². The number of hydrogen-bond donors (Lipinski definition) is 1. The highest BCUT2D eigenvalue weighted by atomic mass is 16.5. The highest BCUT2D eigenvalue weighted by molar-refractivity contribution is 5.99. The molecule has 2 aromatic rings. The zero-order chi connectivity index (χ0) is 21.3. The van der Waals surface area contributed by atoms with Gasteiger partial charge in [-0.15, -0.1) is 0 Å². The van der Waals surface area contributed by atoms with E-state index in [1.165, 1.54) is 0 Å². The Morgan fingerprint density at radius 2 is 1.47 bits per heavy atom. The molecular formula is C23H31N3O4. The first-order valence-corrected chi connectivity index (χ1v) is 10.3. The van der Waals surface area contributed by atoms with Crippen LogP contribution in [0.3, 0.4) is 0 Å². The van der Waals surface area contributed by atoms with Crippen LogP contribution in [0.4, 0.5) is 5.69 Å². The molecule has 0 bridgehead atoms. The second-order valence-corrected chi connectivity index (χ2v) is 7.15. The molecule has 0 aliphatic carbocycles. The van der Waals surface area contributed by atoms with Gasteiger partial charge in [-0.1, -0.05) is 18.2 Å². The van der Waals surface area contributed by atoms with Gasteiger partial charge in [0, 0.05) is 32.7 Å². The van der Waals surface area contributed by atoms with Crippen molar-refractivity contribution in [3.8, 4) is 17.2 Å². The SMILES string of the molecule is COc1ccccc1N1CCN(CCCNC(=O)c2c(OC)cccc2OC)CC1. The standard InChI is InChI=1S/C23H31N3O4/c1-28-19-9-5-4-8-18(19)26-16-14-25(15-17-26)13-7-12-24-23(27)22-20(29-2)10-6-11-21(22)30-3/h4-6,8-11H,7,12-17H2,1-3H3,(H,24,27). The Bertz CT molecular complexity index is 813. The first-order chi connectivity index (χ1) is 14.7. The van der Waals surface area contributed by atoms with E-state index in [9.17, 15) is 4.79 Å². The zero-order valence-corrected chi connectivity index (χ0v) is 18.0. The zero-order valence-electron chi connectivity index (χ0n) is 18.0. The number of nitrogens with one attached hydrogen (secondary N) is 1. The number of para-hydroxylation sites is 2. The number of hydrogen-bond acceptors (Lipinski definition) is 6. The molecule has 30 heavy (non-hydrogen) atoms. The molecule has 0 spiro atoms. The van der Waals surface area contributed by atoms with Gasteiger partial charge < -0.3 is 24.4 Å². The lowest BCUT2D eigenvalue weighted by Gasteiger charge is -2.36. The molecule has 2 aromatic carbocycles. The van der Waals surface area contributed by atoms with E-state index in [2.05, 4.69) is 21.2 Å². The second-order valence-electron chi connectivity index (χ2n) is 7.15. The van der Waals surface area contributed by atoms with Crippen LogP contribution >= 0.6 is 0 Å². The van der Waals surface area contributed by atoms with Crippen molar-refractivity contribution in [2.45, 2.75) is 6.42 Å².